The number of carbonyl (C=O) groups excluding carboxylic acids is 1. The Balaban J connectivity index is 1.86. The summed E-state index contributed by atoms with van der Waals surface area (Å²) >= 11 is 0. The van der Waals surface area contributed by atoms with Gasteiger partial charge in [-0.3, -0.25) is 4.79 Å². The van der Waals surface area contributed by atoms with Crippen molar-refractivity contribution >= 4 is 17.4 Å². The Morgan fingerprint density at radius 2 is 2.18 bits per heavy atom. The summed E-state index contributed by atoms with van der Waals surface area (Å²) in [5, 5.41) is 3.49. The van der Waals surface area contributed by atoms with Crippen LogP contribution in [0.4, 0.5) is 11.5 Å². The molecule has 3 heterocycles. The summed E-state index contributed by atoms with van der Waals surface area (Å²) in [5.74, 6) is 0.659. The van der Waals surface area contributed by atoms with E-state index in [1.54, 1.807) is 12.3 Å². The Bertz CT molecular complexity index is 431. The van der Waals surface area contributed by atoms with E-state index in [0.717, 1.165) is 25.1 Å². The molecule has 2 atom stereocenters. The number of carbonyl (C=O) groups is 1. The molecule has 0 radical (unpaired) electrons. The molecule has 0 aliphatic carbocycles. The number of pyridine rings is 1. The second-order valence-corrected chi connectivity index (χ2v) is 4.79. The zero-order valence-electron chi connectivity index (χ0n) is 9.60. The maximum atomic E-state index is 12.1. The number of aromatic nitrogens is 1. The van der Waals surface area contributed by atoms with E-state index in [4.69, 9.17) is 5.73 Å². The van der Waals surface area contributed by atoms with E-state index in [-0.39, 0.29) is 5.91 Å². The highest BCUT2D eigenvalue weighted by molar-refractivity contribution is 5.94. The van der Waals surface area contributed by atoms with Gasteiger partial charge in [0.05, 0.1) is 11.9 Å². The zero-order chi connectivity index (χ0) is 11.8. The minimum absolute atomic E-state index is 0.177. The van der Waals surface area contributed by atoms with Gasteiger partial charge in [0.15, 0.2) is 0 Å². The van der Waals surface area contributed by atoms with Crippen LogP contribution < -0.4 is 16.0 Å². The summed E-state index contributed by atoms with van der Waals surface area (Å²) in [4.78, 5) is 18.0. The minimum atomic E-state index is 0.177. The van der Waals surface area contributed by atoms with Crippen molar-refractivity contribution in [1.29, 1.82) is 0 Å². The van der Waals surface area contributed by atoms with Gasteiger partial charge in [-0.1, -0.05) is 0 Å². The van der Waals surface area contributed by atoms with Crippen LogP contribution in [0.15, 0.2) is 18.3 Å². The van der Waals surface area contributed by atoms with Crippen molar-refractivity contribution in [2.45, 2.75) is 31.3 Å². The Morgan fingerprint density at radius 3 is 2.94 bits per heavy atom. The van der Waals surface area contributed by atoms with Gasteiger partial charge in [0.2, 0.25) is 5.91 Å². The van der Waals surface area contributed by atoms with Crippen LogP contribution in [0.1, 0.15) is 19.3 Å². The van der Waals surface area contributed by atoms with Gasteiger partial charge in [-0.25, -0.2) is 4.98 Å². The lowest BCUT2D eigenvalue weighted by molar-refractivity contribution is -0.118. The van der Waals surface area contributed by atoms with Gasteiger partial charge in [0.25, 0.3) is 0 Å². The second kappa shape index (κ2) is 4.00. The number of nitrogens with two attached hydrogens (primary N) is 1. The molecule has 2 fully saturated rings. The van der Waals surface area contributed by atoms with Crippen LogP contribution in [0.2, 0.25) is 0 Å². The van der Waals surface area contributed by atoms with Gasteiger partial charge in [-0.2, -0.15) is 0 Å². The number of nitrogens with zero attached hydrogens (tertiary/aromatic N) is 2. The lowest BCUT2D eigenvalue weighted by Crippen LogP contribution is -2.37. The molecular formula is C12H16N4O. The number of fused-ring (bicyclic) bond motifs is 2. The van der Waals surface area contributed by atoms with Gasteiger partial charge in [-0.05, 0) is 25.0 Å². The molecule has 0 unspecified atom stereocenters. The number of nitrogens with one attached hydrogen (secondary N) is 1. The molecule has 2 aliphatic heterocycles. The monoisotopic (exact) mass is 232 g/mol. The number of rotatable bonds is 1. The number of anilines is 2. The maximum absolute atomic E-state index is 12.1. The van der Waals surface area contributed by atoms with Crippen LogP contribution in [0, 0.1) is 0 Å². The first-order valence-electron chi connectivity index (χ1n) is 6.00. The molecule has 2 saturated heterocycles. The topological polar surface area (TPSA) is 71.2 Å². The summed E-state index contributed by atoms with van der Waals surface area (Å²) in [7, 11) is 0. The van der Waals surface area contributed by atoms with Crippen molar-refractivity contribution in [3.63, 3.8) is 0 Å². The summed E-state index contributed by atoms with van der Waals surface area (Å²) in [5.41, 5.74) is 6.40. The summed E-state index contributed by atoms with van der Waals surface area (Å²) < 4.78 is 0. The fourth-order valence-electron chi connectivity index (χ4n) is 2.66. The molecule has 3 N–H and O–H groups in total. The molecule has 0 aromatic carbocycles. The third kappa shape index (κ3) is 1.98. The van der Waals surface area contributed by atoms with Gasteiger partial charge in [0, 0.05) is 25.0 Å². The van der Waals surface area contributed by atoms with E-state index >= 15 is 0 Å². The molecule has 0 saturated carbocycles. The summed E-state index contributed by atoms with van der Waals surface area (Å²) in [6, 6.07) is 4.38. The van der Waals surface area contributed by atoms with Gasteiger partial charge in [-0.15, -0.1) is 0 Å². The fraction of sp³-hybridized carbons (Fsp3) is 0.500. The molecule has 1 aromatic heterocycles. The van der Waals surface area contributed by atoms with Crippen LogP contribution in [0.5, 0.6) is 0 Å². The molecule has 2 bridgehead atoms. The number of hydrogen-bond donors (Lipinski definition) is 2. The predicted molar refractivity (Wildman–Crippen MR) is 65.6 cm³/mol. The van der Waals surface area contributed by atoms with Crippen LogP contribution in [0.3, 0.4) is 0 Å². The molecule has 2 aliphatic rings. The van der Waals surface area contributed by atoms with Crippen molar-refractivity contribution in [1.82, 2.24) is 10.3 Å². The average Bonchev–Trinajstić information content (AvgIpc) is 2.67. The Kier molecular flexibility index (Phi) is 2.48. The number of hydrogen-bond acceptors (Lipinski definition) is 4. The first-order valence-corrected chi connectivity index (χ1v) is 6.00. The van der Waals surface area contributed by atoms with E-state index in [0.29, 0.717) is 24.3 Å². The highest BCUT2D eigenvalue weighted by Gasteiger charge is 2.33. The van der Waals surface area contributed by atoms with Gasteiger partial charge in [0.1, 0.15) is 5.82 Å². The van der Waals surface area contributed by atoms with Crippen LogP contribution in [0.25, 0.3) is 0 Å². The largest absolute Gasteiger partial charge is 0.384 e. The van der Waals surface area contributed by atoms with Crippen LogP contribution >= 0.6 is 0 Å². The van der Waals surface area contributed by atoms with Crippen LogP contribution in [-0.4, -0.2) is 29.5 Å². The lowest BCUT2D eigenvalue weighted by atomic mass is 10.1. The molecule has 1 amide bonds. The minimum Gasteiger partial charge on any atom is -0.384 e. The molecule has 3 rings (SSSR count). The SMILES string of the molecule is Nc1ccc(N2C[C@@H]3CC[C@@H](CC2=O)N3)cn1. The highest BCUT2D eigenvalue weighted by Crippen LogP contribution is 2.25. The van der Waals surface area contributed by atoms with Crippen molar-refractivity contribution in [3.05, 3.63) is 18.3 Å². The smallest absolute Gasteiger partial charge is 0.228 e. The second-order valence-electron chi connectivity index (χ2n) is 4.79. The molecule has 17 heavy (non-hydrogen) atoms. The Labute approximate surface area is 100 Å². The van der Waals surface area contributed by atoms with Crippen molar-refractivity contribution < 1.29 is 4.79 Å². The third-order valence-corrected chi connectivity index (χ3v) is 3.54. The van der Waals surface area contributed by atoms with E-state index in [9.17, 15) is 4.79 Å². The predicted octanol–water partition coefficient (Wildman–Crippen LogP) is 0.521. The van der Waals surface area contributed by atoms with Gasteiger partial charge >= 0.3 is 0 Å². The fourth-order valence-corrected chi connectivity index (χ4v) is 2.66. The highest BCUT2D eigenvalue weighted by atomic mass is 16.2. The number of amides is 1. The summed E-state index contributed by atoms with van der Waals surface area (Å²) in [6.45, 7) is 0.737. The van der Waals surface area contributed by atoms with Gasteiger partial charge < -0.3 is 16.0 Å². The Hall–Kier alpha value is -1.62. The van der Waals surface area contributed by atoms with E-state index in [1.165, 1.54) is 0 Å². The molecular weight excluding hydrogens is 216 g/mol. The molecule has 90 valence electrons. The zero-order valence-corrected chi connectivity index (χ0v) is 9.60. The maximum Gasteiger partial charge on any atom is 0.228 e. The third-order valence-electron chi connectivity index (χ3n) is 3.54. The Morgan fingerprint density at radius 1 is 1.35 bits per heavy atom. The van der Waals surface area contributed by atoms with Crippen molar-refractivity contribution in [2.75, 3.05) is 17.2 Å². The summed E-state index contributed by atoms with van der Waals surface area (Å²) in [6.07, 6.45) is 4.52. The quantitative estimate of drug-likeness (QED) is 0.740. The number of nitrogen functional groups attached to an aromatic ring is 1. The van der Waals surface area contributed by atoms with E-state index in [1.807, 2.05) is 11.0 Å². The van der Waals surface area contributed by atoms with E-state index < -0.39 is 0 Å². The van der Waals surface area contributed by atoms with Crippen molar-refractivity contribution in [2.24, 2.45) is 0 Å². The first-order chi connectivity index (χ1) is 8.22. The normalized spacial score (nSPS) is 28.2. The molecule has 0 spiro atoms. The van der Waals surface area contributed by atoms with Crippen molar-refractivity contribution in [3.8, 4) is 0 Å². The molecule has 5 heteroatoms. The standard InChI is InChI=1S/C12H16N4O/c13-11-4-3-10(6-14-11)16-7-9-2-1-8(15-9)5-12(16)17/h3-4,6,8-9,15H,1-2,5,7H2,(H2,13,14)/t8-,9-/m0/s1. The average molecular weight is 232 g/mol. The van der Waals surface area contributed by atoms with Crippen LogP contribution in [-0.2, 0) is 4.79 Å². The molecule has 1 aromatic rings. The lowest BCUT2D eigenvalue weighted by Gasteiger charge is -2.24. The van der Waals surface area contributed by atoms with E-state index in [2.05, 4.69) is 10.3 Å². The first kappa shape index (κ1) is 10.5. The molecule has 5 nitrogen and oxygen atoms in total.